The third-order valence-electron chi connectivity index (χ3n) is 3.95. The molecule has 0 radical (unpaired) electrons. The van der Waals surface area contributed by atoms with Crippen LogP contribution < -0.4 is 0 Å². The summed E-state index contributed by atoms with van der Waals surface area (Å²) in [6.45, 7) is 5.72. The molecular weight excluding hydrogens is 333 g/mol. The van der Waals surface area contributed by atoms with Gasteiger partial charge < -0.3 is 9.42 Å². The Morgan fingerprint density at radius 3 is 2.38 bits per heavy atom. The van der Waals surface area contributed by atoms with Crippen LogP contribution in [0.5, 0.6) is 0 Å². The van der Waals surface area contributed by atoms with Gasteiger partial charge in [0.05, 0.1) is 5.56 Å². The van der Waals surface area contributed by atoms with Crippen molar-refractivity contribution in [1.82, 2.24) is 15.0 Å². The van der Waals surface area contributed by atoms with Crippen LogP contribution in [0, 0.1) is 5.82 Å². The lowest BCUT2D eigenvalue weighted by atomic mass is 10.0. The van der Waals surface area contributed by atoms with Gasteiger partial charge in [-0.3, -0.25) is 4.79 Å². The van der Waals surface area contributed by atoms with E-state index in [0.29, 0.717) is 11.7 Å². The summed E-state index contributed by atoms with van der Waals surface area (Å²) in [6, 6.07) is 15.4. The van der Waals surface area contributed by atoms with E-state index >= 15 is 0 Å². The van der Waals surface area contributed by atoms with Crippen molar-refractivity contribution in [1.29, 1.82) is 0 Å². The van der Waals surface area contributed by atoms with Gasteiger partial charge in [-0.15, -0.1) is 0 Å². The Morgan fingerprint density at radius 1 is 1.08 bits per heavy atom. The Morgan fingerprint density at radius 2 is 1.73 bits per heavy atom. The molecular formula is C20H20FN3O2. The molecule has 1 amide bonds. The average molecular weight is 353 g/mol. The zero-order chi connectivity index (χ0) is 18.7. The van der Waals surface area contributed by atoms with Gasteiger partial charge in [0, 0.05) is 11.1 Å². The van der Waals surface area contributed by atoms with Crippen LogP contribution in [0.15, 0.2) is 59.1 Å². The normalized spacial score (nSPS) is 11.4. The van der Waals surface area contributed by atoms with E-state index < -0.39 is 17.3 Å². The summed E-state index contributed by atoms with van der Waals surface area (Å²) in [6.07, 6.45) is 0. The third-order valence-corrected chi connectivity index (χ3v) is 3.95. The van der Waals surface area contributed by atoms with E-state index in [0.717, 1.165) is 5.56 Å². The molecule has 3 rings (SSSR count). The lowest BCUT2D eigenvalue weighted by molar-refractivity contribution is 0.0521. The van der Waals surface area contributed by atoms with Crippen LogP contribution in [0.1, 0.15) is 37.0 Å². The molecule has 0 bridgehead atoms. The highest BCUT2D eigenvalue weighted by Crippen LogP contribution is 2.23. The number of halogens is 1. The molecule has 3 aromatic rings. The predicted octanol–water partition coefficient (Wildman–Crippen LogP) is 4.32. The lowest BCUT2D eigenvalue weighted by Crippen LogP contribution is -2.45. The van der Waals surface area contributed by atoms with Crippen molar-refractivity contribution < 1.29 is 13.7 Å². The molecule has 1 aromatic heterocycles. The maximum absolute atomic E-state index is 14.1. The fraction of sp³-hybridized carbons (Fsp3) is 0.250. The highest BCUT2D eigenvalue weighted by molar-refractivity contribution is 5.94. The lowest BCUT2D eigenvalue weighted by Gasteiger charge is -2.34. The summed E-state index contributed by atoms with van der Waals surface area (Å²) in [5.74, 6) is -0.228. The maximum Gasteiger partial charge on any atom is 0.257 e. The molecule has 5 nitrogen and oxygen atoms in total. The molecule has 0 spiro atoms. The minimum atomic E-state index is -0.555. The number of hydrogen-bond donors (Lipinski definition) is 0. The van der Waals surface area contributed by atoms with E-state index in [2.05, 4.69) is 10.1 Å². The van der Waals surface area contributed by atoms with Gasteiger partial charge in [-0.25, -0.2) is 4.39 Å². The molecule has 6 heteroatoms. The first-order valence-electron chi connectivity index (χ1n) is 8.31. The minimum Gasteiger partial charge on any atom is -0.337 e. The molecule has 0 saturated heterocycles. The molecule has 0 saturated carbocycles. The van der Waals surface area contributed by atoms with Gasteiger partial charge in [0.15, 0.2) is 0 Å². The van der Waals surface area contributed by atoms with Gasteiger partial charge in [0.25, 0.3) is 5.91 Å². The Kier molecular flexibility index (Phi) is 4.84. The maximum atomic E-state index is 14.1. The SMILES string of the molecule is CC(C)(C)N(Cc1nc(-c2ccccc2)no1)C(=O)c1ccccc1F. The summed E-state index contributed by atoms with van der Waals surface area (Å²) >= 11 is 0. The largest absolute Gasteiger partial charge is 0.337 e. The number of rotatable bonds is 4. The Balaban J connectivity index is 1.88. The first-order chi connectivity index (χ1) is 12.4. The van der Waals surface area contributed by atoms with Gasteiger partial charge in [0.1, 0.15) is 12.4 Å². The van der Waals surface area contributed by atoms with E-state index in [1.807, 2.05) is 51.1 Å². The number of aromatic nitrogens is 2. The molecule has 0 aliphatic carbocycles. The van der Waals surface area contributed by atoms with Crippen LogP contribution >= 0.6 is 0 Å². The van der Waals surface area contributed by atoms with Crippen molar-refractivity contribution in [3.8, 4) is 11.4 Å². The zero-order valence-corrected chi connectivity index (χ0v) is 14.9. The van der Waals surface area contributed by atoms with E-state index in [1.54, 1.807) is 12.1 Å². The number of carbonyl (C=O) groups is 1. The highest BCUT2D eigenvalue weighted by atomic mass is 19.1. The van der Waals surface area contributed by atoms with E-state index in [1.165, 1.54) is 17.0 Å². The van der Waals surface area contributed by atoms with Gasteiger partial charge >= 0.3 is 0 Å². The van der Waals surface area contributed by atoms with Crippen molar-refractivity contribution in [3.63, 3.8) is 0 Å². The molecule has 0 fully saturated rings. The Bertz CT molecular complexity index is 901. The van der Waals surface area contributed by atoms with E-state index in [9.17, 15) is 9.18 Å². The van der Waals surface area contributed by atoms with Crippen LogP contribution in [0.2, 0.25) is 0 Å². The summed E-state index contributed by atoms with van der Waals surface area (Å²) in [5, 5.41) is 3.97. The average Bonchev–Trinajstić information content (AvgIpc) is 3.08. The van der Waals surface area contributed by atoms with Gasteiger partial charge in [-0.1, -0.05) is 47.6 Å². The quantitative estimate of drug-likeness (QED) is 0.701. The number of hydrogen-bond acceptors (Lipinski definition) is 4. The second kappa shape index (κ2) is 7.07. The molecule has 1 heterocycles. The van der Waals surface area contributed by atoms with Crippen molar-refractivity contribution >= 4 is 5.91 Å². The monoisotopic (exact) mass is 353 g/mol. The van der Waals surface area contributed by atoms with Crippen molar-refractivity contribution in [2.24, 2.45) is 0 Å². The molecule has 0 N–H and O–H groups in total. The first-order valence-corrected chi connectivity index (χ1v) is 8.31. The fourth-order valence-corrected chi connectivity index (χ4v) is 2.55. The number of carbonyl (C=O) groups excluding carboxylic acids is 1. The summed E-state index contributed by atoms with van der Waals surface area (Å²) in [5.41, 5.74) is 0.288. The Hall–Kier alpha value is -3.02. The van der Waals surface area contributed by atoms with Crippen molar-refractivity contribution in [2.45, 2.75) is 32.9 Å². The molecule has 0 unspecified atom stereocenters. The summed E-state index contributed by atoms with van der Waals surface area (Å²) in [4.78, 5) is 18.8. The summed E-state index contributed by atoms with van der Waals surface area (Å²) < 4.78 is 19.4. The minimum absolute atomic E-state index is 0.0187. The van der Waals surface area contributed by atoms with Crippen LogP contribution in [0.25, 0.3) is 11.4 Å². The number of nitrogens with zero attached hydrogens (tertiary/aromatic N) is 3. The highest BCUT2D eigenvalue weighted by Gasteiger charge is 2.30. The topological polar surface area (TPSA) is 59.2 Å². The Labute approximate surface area is 151 Å². The summed E-state index contributed by atoms with van der Waals surface area (Å²) in [7, 11) is 0. The van der Waals surface area contributed by atoms with Crippen molar-refractivity contribution in [3.05, 3.63) is 71.9 Å². The number of benzene rings is 2. The smallest absolute Gasteiger partial charge is 0.257 e. The fourth-order valence-electron chi connectivity index (χ4n) is 2.55. The molecule has 2 aromatic carbocycles. The van der Waals surface area contributed by atoms with Gasteiger partial charge in [-0.05, 0) is 32.9 Å². The van der Waals surface area contributed by atoms with Crippen LogP contribution in [0.3, 0.4) is 0 Å². The van der Waals surface area contributed by atoms with E-state index in [-0.39, 0.29) is 12.1 Å². The van der Waals surface area contributed by atoms with E-state index in [4.69, 9.17) is 4.52 Å². The number of amides is 1. The van der Waals surface area contributed by atoms with Crippen LogP contribution in [-0.2, 0) is 6.54 Å². The molecule has 26 heavy (non-hydrogen) atoms. The van der Waals surface area contributed by atoms with Crippen LogP contribution in [0.4, 0.5) is 4.39 Å². The first kappa shape index (κ1) is 17.8. The van der Waals surface area contributed by atoms with Gasteiger partial charge in [0.2, 0.25) is 11.7 Å². The molecule has 0 aliphatic heterocycles. The van der Waals surface area contributed by atoms with Gasteiger partial charge in [-0.2, -0.15) is 4.98 Å². The van der Waals surface area contributed by atoms with Crippen LogP contribution in [-0.4, -0.2) is 26.5 Å². The predicted molar refractivity (Wildman–Crippen MR) is 95.8 cm³/mol. The zero-order valence-electron chi connectivity index (χ0n) is 14.9. The standard InChI is InChI=1S/C20H20FN3O2/c1-20(2,3)24(19(25)15-11-7-8-12-16(15)21)13-17-22-18(23-26-17)14-9-5-4-6-10-14/h4-12H,13H2,1-3H3. The molecule has 134 valence electrons. The molecule has 0 atom stereocenters. The second-order valence-corrected chi connectivity index (χ2v) is 6.92. The third kappa shape index (κ3) is 3.79. The second-order valence-electron chi connectivity index (χ2n) is 6.92. The van der Waals surface area contributed by atoms with Crippen molar-refractivity contribution in [2.75, 3.05) is 0 Å². The molecule has 0 aliphatic rings.